The number of hydrogen-bond acceptors (Lipinski definition) is 8. The van der Waals surface area contributed by atoms with Crippen LogP contribution < -0.4 is 22.5 Å². The molecular formula is C27H44N4O5S. The molecule has 4 atom stereocenters. The smallest absolute Gasteiger partial charge is 0.242 e. The van der Waals surface area contributed by atoms with Gasteiger partial charge in [-0.2, -0.15) is 0 Å². The van der Waals surface area contributed by atoms with E-state index < -0.39 is 23.8 Å². The lowest BCUT2D eigenvalue weighted by atomic mass is 9.96. The Bertz CT molecular complexity index is 935. The number of primary amides is 1. The van der Waals surface area contributed by atoms with Gasteiger partial charge in [-0.05, 0) is 62.1 Å². The second-order valence-corrected chi connectivity index (χ2v) is 12.0. The zero-order valence-corrected chi connectivity index (χ0v) is 23.2. The Morgan fingerprint density at radius 2 is 1.78 bits per heavy atom. The standard InChI is InChI=1S/C27H44N4O5S/c1-16(2)24(28)21(25(29)36-23-14-19(33)13-20(15-32)37-23)12-18-10-8-17(9-11-18)6-5-7-22(34)31-27(3,4)26(30)35/h8-11,16,19-20,23,25,32-33H,5-7,12-15,28-29H2,1-4H3,(H2,30,35)(H,31,34)/b24-21-. The highest BCUT2D eigenvalue weighted by Gasteiger charge is 2.31. The van der Waals surface area contributed by atoms with Crippen molar-refractivity contribution in [1.82, 2.24) is 5.32 Å². The number of aliphatic hydroxyl groups excluding tert-OH is 2. The third kappa shape index (κ3) is 9.94. The third-order valence-corrected chi connectivity index (χ3v) is 7.87. The maximum absolute atomic E-state index is 12.1. The number of rotatable bonds is 13. The molecule has 0 aromatic heterocycles. The molecule has 1 fully saturated rings. The molecule has 1 heterocycles. The van der Waals surface area contributed by atoms with Crippen molar-refractivity contribution >= 4 is 23.6 Å². The summed E-state index contributed by atoms with van der Waals surface area (Å²) in [4.78, 5) is 23.5. The van der Waals surface area contributed by atoms with Crippen LogP contribution in [0.1, 0.15) is 64.5 Å². The highest BCUT2D eigenvalue weighted by molar-refractivity contribution is 8.00. The summed E-state index contributed by atoms with van der Waals surface area (Å²) in [6, 6.07) is 8.09. The zero-order valence-electron chi connectivity index (χ0n) is 22.4. The van der Waals surface area contributed by atoms with Gasteiger partial charge >= 0.3 is 0 Å². The summed E-state index contributed by atoms with van der Waals surface area (Å²) in [6.07, 6.45) is 1.92. The molecule has 0 spiro atoms. The predicted octanol–water partition coefficient (Wildman–Crippen LogP) is 1.68. The van der Waals surface area contributed by atoms with E-state index in [2.05, 4.69) is 5.32 Å². The summed E-state index contributed by atoms with van der Waals surface area (Å²) in [7, 11) is 0. The van der Waals surface area contributed by atoms with Crippen molar-refractivity contribution in [2.24, 2.45) is 23.1 Å². The maximum atomic E-state index is 12.1. The number of benzene rings is 1. The van der Waals surface area contributed by atoms with Gasteiger partial charge in [0.25, 0.3) is 0 Å². The molecular weight excluding hydrogens is 492 g/mol. The third-order valence-electron chi connectivity index (χ3n) is 6.54. The summed E-state index contributed by atoms with van der Waals surface area (Å²) in [5.41, 5.74) is 20.4. The van der Waals surface area contributed by atoms with Gasteiger partial charge in [0.15, 0.2) is 0 Å². The second-order valence-electron chi connectivity index (χ2n) is 10.6. The molecule has 0 aliphatic carbocycles. The monoisotopic (exact) mass is 536 g/mol. The van der Waals surface area contributed by atoms with E-state index in [1.54, 1.807) is 13.8 Å². The first kappa shape index (κ1) is 31.1. The Balaban J connectivity index is 1.98. The predicted molar refractivity (Wildman–Crippen MR) is 147 cm³/mol. The van der Waals surface area contributed by atoms with Gasteiger partial charge in [-0.3, -0.25) is 9.59 Å². The van der Waals surface area contributed by atoms with E-state index >= 15 is 0 Å². The van der Waals surface area contributed by atoms with Crippen molar-refractivity contribution in [3.8, 4) is 0 Å². The highest BCUT2D eigenvalue weighted by atomic mass is 32.2. The maximum Gasteiger partial charge on any atom is 0.242 e. The van der Waals surface area contributed by atoms with E-state index in [-0.39, 0.29) is 29.1 Å². The van der Waals surface area contributed by atoms with Gasteiger partial charge in [-0.15, -0.1) is 11.8 Å². The van der Waals surface area contributed by atoms with Gasteiger partial charge in [0.05, 0.1) is 12.7 Å². The number of carbonyl (C=O) groups excluding carboxylic acids is 2. The molecule has 1 aromatic carbocycles. The lowest BCUT2D eigenvalue weighted by Crippen LogP contribution is -2.52. The first-order chi connectivity index (χ1) is 17.3. The van der Waals surface area contributed by atoms with Crippen LogP contribution in [-0.4, -0.2) is 57.2 Å². The quantitative estimate of drug-likeness (QED) is 0.206. The Hall–Kier alpha value is -2.11. The number of amides is 2. The molecule has 0 saturated carbocycles. The molecule has 9 N–H and O–H groups in total. The van der Waals surface area contributed by atoms with E-state index in [1.807, 2.05) is 38.1 Å². The molecule has 4 unspecified atom stereocenters. The van der Waals surface area contributed by atoms with Gasteiger partial charge in [-0.25, -0.2) is 0 Å². The van der Waals surface area contributed by atoms with Crippen molar-refractivity contribution in [3.63, 3.8) is 0 Å². The number of carbonyl (C=O) groups is 2. The first-order valence-electron chi connectivity index (χ1n) is 12.8. The Morgan fingerprint density at radius 1 is 1.16 bits per heavy atom. The minimum Gasteiger partial charge on any atom is -0.402 e. The molecule has 1 aromatic rings. The average Bonchev–Trinajstić information content (AvgIpc) is 2.82. The number of thioether (sulfide) groups is 1. The normalized spacial score (nSPS) is 21.9. The van der Waals surface area contributed by atoms with Gasteiger partial charge in [-0.1, -0.05) is 38.1 Å². The minimum atomic E-state index is -1.07. The number of nitrogens with one attached hydrogen (secondary N) is 1. The summed E-state index contributed by atoms with van der Waals surface area (Å²) in [5, 5.41) is 22.2. The second kappa shape index (κ2) is 14.2. The molecule has 208 valence electrons. The van der Waals surface area contributed by atoms with E-state index in [1.165, 1.54) is 11.8 Å². The number of ether oxygens (including phenoxy) is 1. The van der Waals surface area contributed by atoms with Crippen LogP contribution >= 0.6 is 11.8 Å². The fraction of sp³-hybridized carbons (Fsp3) is 0.630. The van der Waals surface area contributed by atoms with Crippen molar-refractivity contribution in [3.05, 3.63) is 46.7 Å². The van der Waals surface area contributed by atoms with Crippen LogP contribution in [0.5, 0.6) is 0 Å². The van der Waals surface area contributed by atoms with Crippen LogP contribution in [0.2, 0.25) is 0 Å². The number of nitrogens with two attached hydrogens (primary N) is 3. The van der Waals surface area contributed by atoms with E-state index in [9.17, 15) is 19.8 Å². The molecule has 10 heteroatoms. The van der Waals surface area contributed by atoms with Crippen LogP contribution in [0.15, 0.2) is 35.5 Å². The van der Waals surface area contributed by atoms with Gasteiger partial charge in [0.1, 0.15) is 17.2 Å². The number of hydrogen-bond donors (Lipinski definition) is 6. The topological polar surface area (TPSA) is 174 Å². The Labute approximate surface area is 224 Å². The Kier molecular flexibility index (Phi) is 11.9. The lowest BCUT2D eigenvalue weighted by Gasteiger charge is -2.33. The number of allylic oxidation sites excluding steroid dienone is 1. The molecule has 1 saturated heterocycles. The summed E-state index contributed by atoms with van der Waals surface area (Å²) >= 11 is 1.50. The van der Waals surface area contributed by atoms with Crippen LogP contribution in [-0.2, 0) is 27.2 Å². The zero-order chi connectivity index (χ0) is 27.8. The van der Waals surface area contributed by atoms with Crippen molar-refractivity contribution in [1.29, 1.82) is 0 Å². The average molecular weight is 537 g/mol. The van der Waals surface area contributed by atoms with Crippen LogP contribution in [0.25, 0.3) is 0 Å². The summed E-state index contributed by atoms with van der Waals surface area (Å²) in [5.74, 6) is -0.691. The van der Waals surface area contributed by atoms with Gasteiger partial charge in [0, 0.05) is 23.8 Å². The van der Waals surface area contributed by atoms with Crippen LogP contribution in [0.4, 0.5) is 0 Å². The van der Waals surface area contributed by atoms with Crippen LogP contribution in [0, 0.1) is 5.92 Å². The molecule has 0 bridgehead atoms. The van der Waals surface area contributed by atoms with Crippen molar-refractivity contribution < 1.29 is 24.5 Å². The fourth-order valence-corrected chi connectivity index (χ4v) is 5.47. The van der Waals surface area contributed by atoms with E-state index in [0.29, 0.717) is 37.8 Å². The van der Waals surface area contributed by atoms with Crippen LogP contribution in [0.3, 0.4) is 0 Å². The fourth-order valence-electron chi connectivity index (χ4n) is 4.11. The molecule has 1 aliphatic heterocycles. The first-order valence-corrected chi connectivity index (χ1v) is 13.8. The lowest BCUT2D eigenvalue weighted by molar-refractivity contribution is -0.130. The molecule has 2 rings (SSSR count). The highest BCUT2D eigenvalue weighted by Crippen LogP contribution is 2.34. The minimum absolute atomic E-state index is 0.0178. The summed E-state index contributed by atoms with van der Waals surface area (Å²) < 4.78 is 6.11. The van der Waals surface area contributed by atoms with E-state index in [4.69, 9.17) is 21.9 Å². The molecule has 37 heavy (non-hydrogen) atoms. The van der Waals surface area contributed by atoms with E-state index in [0.717, 1.165) is 23.1 Å². The molecule has 0 radical (unpaired) electrons. The van der Waals surface area contributed by atoms with Gasteiger partial charge < -0.3 is 37.5 Å². The summed E-state index contributed by atoms with van der Waals surface area (Å²) in [6.45, 7) is 7.16. The number of aryl methyl sites for hydroxylation is 1. The van der Waals surface area contributed by atoms with Crippen molar-refractivity contribution in [2.45, 2.75) is 94.8 Å². The SMILES string of the molecule is CC(C)/C(N)=C(\Cc1ccc(CCCC(=O)NC(C)(C)C(N)=O)cc1)C(N)OC1CC(O)CC(CO)S1. The molecule has 9 nitrogen and oxygen atoms in total. The Morgan fingerprint density at radius 3 is 2.35 bits per heavy atom. The van der Waals surface area contributed by atoms with Crippen molar-refractivity contribution in [2.75, 3.05) is 6.61 Å². The largest absolute Gasteiger partial charge is 0.402 e. The molecule has 1 aliphatic rings. The van der Waals surface area contributed by atoms with Gasteiger partial charge in [0.2, 0.25) is 11.8 Å². The number of aliphatic hydroxyl groups is 2. The molecule has 2 amide bonds.